The van der Waals surface area contributed by atoms with Crippen molar-refractivity contribution >= 4 is 23.4 Å². The molecular weight excluding hydrogens is 370 g/mol. The van der Waals surface area contributed by atoms with Gasteiger partial charge in [-0.25, -0.2) is 0 Å². The van der Waals surface area contributed by atoms with E-state index in [1.54, 1.807) is 13.8 Å². The van der Waals surface area contributed by atoms with Crippen LogP contribution in [-0.2, 0) is 30.3 Å². The Labute approximate surface area is 172 Å². The minimum absolute atomic E-state index is 0.0861. The Morgan fingerprint density at radius 1 is 1.03 bits per heavy atom. The van der Waals surface area contributed by atoms with E-state index < -0.39 is 12.0 Å². The van der Waals surface area contributed by atoms with Crippen LogP contribution in [0.25, 0.3) is 0 Å². The van der Waals surface area contributed by atoms with Gasteiger partial charge in [0.05, 0.1) is 6.04 Å². The van der Waals surface area contributed by atoms with Crippen LogP contribution in [0.1, 0.15) is 64.4 Å². The quantitative estimate of drug-likeness (QED) is 0.405. The lowest BCUT2D eigenvalue weighted by Crippen LogP contribution is -2.48. The molecule has 1 aliphatic rings. The van der Waals surface area contributed by atoms with Crippen molar-refractivity contribution in [3.8, 4) is 0 Å². The number of esters is 1. The van der Waals surface area contributed by atoms with Crippen LogP contribution in [0.15, 0.2) is 30.3 Å². The highest BCUT2D eigenvalue weighted by Crippen LogP contribution is 2.26. The van der Waals surface area contributed by atoms with Gasteiger partial charge in [-0.15, -0.1) is 0 Å². The first-order valence-corrected chi connectivity index (χ1v) is 10.4. The molecule has 1 aliphatic heterocycles. The van der Waals surface area contributed by atoms with Crippen LogP contribution in [0.5, 0.6) is 0 Å². The largest absolute Gasteiger partial charge is 0.461 e. The first kappa shape index (κ1) is 22.8. The number of rotatable bonds is 13. The van der Waals surface area contributed by atoms with Crippen molar-refractivity contribution in [3.63, 3.8) is 0 Å². The Balaban J connectivity index is 1.85. The summed E-state index contributed by atoms with van der Waals surface area (Å²) in [5.74, 6) is -0.873. The number of amides is 1. The molecule has 0 aromatic heterocycles. The molecule has 6 nitrogen and oxygen atoms in total. The van der Waals surface area contributed by atoms with Crippen molar-refractivity contribution < 1.29 is 23.9 Å². The number of unbranched alkanes of at least 4 members (excludes halogenated alkanes) is 3. The van der Waals surface area contributed by atoms with Gasteiger partial charge in [-0.1, -0.05) is 43.2 Å². The molecule has 0 aliphatic carbocycles. The predicted octanol–water partition coefficient (Wildman–Crippen LogP) is 3.16. The standard InChI is InChI=1S/C23H31NO5/c1-16(25)10-6-3-4-9-13-22(27)24-20(14-18-11-7-5-8-12-18)21(26)15-19-17(2)29-23(19)28/h5,7-8,11-12,17,19-20H,3-4,6,9-10,13-15H2,1-2H3,(H,24,27)/t17-,19+,20+/m1/s1. The lowest BCUT2D eigenvalue weighted by atomic mass is 9.88. The van der Waals surface area contributed by atoms with Crippen LogP contribution in [0.3, 0.4) is 0 Å². The van der Waals surface area contributed by atoms with Crippen LogP contribution < -0.4 is 5.32 Å². The average molecular weight is 402 g/mol. The van der Waals surface area contributed by atoms with Crippen molar-refractivity contribution in [2.75, 3.05) is 0 Å². The number of benzene rings is 1. The molecule has 1 aromatic carbocycles. The normalized spacial score (nSPS) is 19.0. The van der Waals surface area contributed by atoms with E-state index in [0.717, 1.165) is 31.2 Å². The molecule has 0 radical (unpaired) electrons. The summed E-state index contributed by atoms with van der Waals surface area (Å²) in [6, 6.07) is 8.87. The zero-order chi connectivity index (χ0) is 21.2. The fraction of sp³-hybridized carbons (Fsp3) is 0.565. The zero-order valence-electron chi connectivity index (χ0n) is 17.3. The van der Waals surface area contributed by atoms with Gasteiger partial charge in [-0.2, -0.15) is 0 Å². The summed E-state index contributed by atoms with van der Waals surface area (Å²) in [6.45, 7) is 3.36. The summed E-state index contributed by atoms with van der Waals surface area (Å²) in [4.78, 5) is 47.7. The monoisotopic (exact) mass is 401 g/mol. The molecule has 158 valence electrons. The van der Waals surface area contributed by atoms with Crippen molar-refractivity contribution in [2.24, 2.45) is 5.92 Å². The smallest absolute Gasteiger partial charge is 0.313 e. The SMILES string of the molecule is CC(=O)CCCCCCC(=O)N[C@@H](Cc1ccccc1)C(=O)C[C@@H]1C(=O)O[C@@H]1C. The van der Waals surface area contributed by atoms with Crippen LogP contribution in [0.4, 0.5) is 0 Å². The van der Waals surface area contributed by atoms with Crippen LogP contribution in [-0.4, -0.2) is 35.6 Å². The minimum Gasteiger partial charge on any atom is -0.461 e. The first-order valence-electron chi connectivity index (χ1n) is 10.4. The van der Waals surface area contributed by atoms with E-state index in [0.29, 0.717) is 19.3 Å². The molecule has 0 unspecified atom stereocenters. The topological polar surface area (TPSA) is 89.5 Å². The lowest BCUT2D eigenvalue weighted by Gasteiger charge is -2.32. The maximum absolute atomic E-state index is 12.8. The van der Waals surface area contributed by atoms with Crippen molar-refractivity contribution in [3.05, 3.63) is 35.9 Å². The second-order valence-corrected chi connectivity index (χ2v) is 7.84. The maximum Gasteiger partial charge on any atom is 0.313 e. The van der Waals surface area contributed by atoms with E-state index in [2.05, 4.69) is 5.32 Å². The number of nitrogens with one attached hydrogen (secondary N) is 1. The molecule has 0 spiro atoms. The highest BCUT2D eigenvalue weighted by atomic mass is 16.6. The number of carbonyl (C=O) groups excluding carboxylic acids is 4. The Kier molecular flexibility index (Phi) is 9.03. The molecule has 1 heterocycles. The summed E-state index contributed by atoms with van der Waals surface area (Å²) in [7, 11) is 0. The number of carbonyl (C=O) groups is 4. The van der Waals surface area contributed by atoms with Gasteiger partial charge in [-0.3, -0.25) is 14.4 Å². The van der Waals surface area contributed by atoms with Gasteiger partial charge >= 0.3 is 5.97 Å². The molecular formula is C23H31NO5. The molecule has 1 aromatic rings. The van der Waals surface area contributed by atoms with E-state index >= 15 is 0 Å². The summed E-state index contributed by atoms with van der Waals surface area (Å²) in [5.41, 5.74) is 0.958. The maximum atomic E-state index is 12.8. The van der Waals surface area contributed by atoms with Crippen molar-refractivity contribution in [1.82, 2.24) is 5.32 Å². The van der Waals surface area contributed by atoms with Gasteiger partial charge in [0.1, 0.15) is 17.8 Å². The number of ether oxygens (including phenoxy) is 1. The minimum atomic E-state index is -0.650. The molecule has 6 heteroatoms. The Morgan fingerprint density at radius 2 is 1.69 bits per heavy atom. The second-order valence-electron chi connectivity index (χ2n) is 7.84. The fourth-order valence-corrected chi connectivity index (χ4v) is 3.46. The van der Waals surface area contributed by atoms with Gasteiger partial charge < -0.3 is 14.8 Å². The predicted molar refractivity (Wildman–Crippen MR) is 109 cm³/mol. The summed E-state index contributed by atoms with van der Waals surface area (Å²) in [6.07, 6.45) is 4.54. The van der Waals surface area contributed by atoms with E-state index in [9.17, 15) is 19.2 Å². The van der Waals surface area contributed by atoms with Gasteiger partial charge in [-0.05, 0) is 38.7 Å². The van der Waals surface area contributed by atoms with Crippen molar-refractivity contribution in [1.29, 1.82) is 0 Å². The van der Waals surface area contributed by atoms with Crippen LogP contribution >= 0.6 is 0 Å². The molecule has 1 saturated heterocycles. The highest BCUT2D eigenvalue weighted by Gasteiger charge is 2.41. The van der Waals surface area contributed by atoms with E-state index in [1.165, 1.54) is 0 Å². The van der Waals surface area contributed by atoms with Gasteiger partial charge in [0.15, 0.2) is 5.78 Å². The molecule has 1 amide bonds. The number of hydrogen-bond acceptors (Lipinski definition) is 5. The van der Waals surface area contributed by atoms with Gasteiger partial charge in [0.2, 0.25) is 5.91 Å². The molecule has 1 fully saturated rings. The van der Waals surface area contributed by atoms with Crippen molar-refractivity contribution in [2.45, 2.75) is 77.4 Å². The number of cyclic esters (lactones) is 1. The molecule has 2 rings (SSSR count). The highest BCUT2D eigenvalue weighted by molar-refractivity contribution is 5.93. The molecule has 1 N–H and O–H groups in total. The molecule has 3 atom stereocenters. The third-order valence-corrected chi connectivity index (χ3v) is 5.28. The number of Topliss-reactive ketones (excluding diaryl/α,β-unsaturated/α-hetero) is 2. The lowest BCUT2D eigenvalue weighted by molar-refractivity contribution is -0.183. The third kappa shape index (κ3) is 7.80. The third-order valence-electron chi connectivity index (χ3n) is 5.28. The van der Waals surface area contributed by atoms with Gasteiger partial charge in [0, 0.05) is 19.3 Å². The fourth-order valence-electron chi connectivity index (χ4n) is 3.46. The molecule has 0 bridgehead atoms. The van der Waals surface area contributed by atoms with E-state index in [1.807, 2.05) is 30.3 Å². The number of hydrogen-bond donors (Lipinski definition) is 1. The van der Waals surface area contributed by atoms with Crippen LogP contribution in [0.2, 0.25) is 0 Å². The molecule has 29 heavy (non-hydrogen) atoms. The average Bonchev–Trinajstić information content (AvgIpc) is 2.68. The van der Waals surface area contributed by atoms with Crippen LogP contribution in [0, 0.1) is 5.92 Å². The van der Waals surface area contributed by atoms with Gasteiger partial charge in [0.25, 0.3) is 0 Å². The molecule has 0 saturated carbocycles. The Morgan fingerprint density at radius 3 is 2.28 bits per heavy atom. The Hall–Kier alpha value is -2.50. The Bertz CT molecular complexity index is 715. The number of ketones is 2. The summed E-state index contributed by atoms with van der Waals surface area (Å²) in [5, 5.41) is 2.86. The van der Waals surface area contributed by atoms with E-state index in [-0.39, 0.29) is 36.0 Å². The van der Waals surface area contributed by atoms with E-state index in [4.69, 9.17) is 4.74 Å². The second kappa shape index (κ2) is 11.5. The summed E-state index contributed by atoms with van der Waals surface area (Å²) < 4.78 is 4.93. The zero-order valence-corrected chi connectivity index (χ0v) is 17.3. The first-order chi connectivity index (χ1) is 13.9. The summed E-state index contributed by atoms with van der Waals surface area (Å²) >= 11 is 0.